The molecule has 0 radical (unpaired) electrons. The van der Waals surface area contributed by atoms with Crippen LogP contribution in [-0.2, 0) is 18.3 Å². The standard InChI is InChI=1S/C60H53N3/c1-42-15-14-24-58-59(42)54-39-51(33-34-57(54)63(58)49-22-12-5-13-23-49)62(50-29-25-44(26-30-50)43-16-6-2-7-17-43)53-32-28-46-36-38-60(56(46)41-53)37-35-45-27-31-52(40-55(45)60)61(47-18-8-3-9-19-47)48-20-10-4-11-21-48/h3-5,8-15,18-34,39-41,43H,2,6-7,16-17,35-38H2,1H3/t60-/m1/s1. The van der Waals surface area contributed by atoms with Gasteiger partial charge in [0.2, 0.25) is 0 Å². The van der Waals surface area contributed by atoms with Crippen molar-refractivity contribution in [2.75, 3.05) is 9.80 Å². The maximum Gasteiger partial charge on any atom is 0.0543 e. The van der Waals surface area contributed by atoms with Gasteiger partial charge in [0, 0.05) is 56.0 Å². The fraction of sp³-hybridized carbons (Fsp3) is 0.200. The summed E-state index contributed by atoms with van der Waals surface area (Å²) in [6, 6.07) is 70.8. The van der Waals surface area contributed by atoms with Crippen molar-refractivity contribution in [3.05, 3.63) is 221 Å². The highest BCUT2D eigenvalue weighted by Crippen LogP contribution is 2.55. The van der Waals surface area contributed by atoms with E-state index < -0.39 is 0 Å². The maximum atomic E-state index is 2.58. The number of benzene rings is 8. The summed E-state index contributed by atoms with van der Waals surface area (Å²) >= 11 is 0. The number of fused-ring (bicyclic) bond motifs is 7. The predicted molar refractivity (Wildman–Crippen MR) is 265 cm³/mol. The van der Waals surface area contributed by atoms with Crippen LogP contribution in [0.3, 0.4) is 0 Å². The molecule has 1 aromatic heterocycles. The average Bonchev–Trinajstić information content (AvgIpc) is 4.02. The lowest BCUT2D eigenvalue weighted by Gasteiger charge is -2.32. The predicted octanol–water partition coefficient (Wildman–Crippen LogP) is 16.3. The van der Waals surface area contributed by atoms with E-state index in [4.69, 9.17) is 0 Å². The molecule has 0 bridgehead atoms. The highest BCUT2D eigenvalue weighted by molar-refractivity contribution is 6.12. The highest BCUT2D eigenvalue weighted by atomic mass is 15.1. The van der Waals surface area contributed by atoms with Crippen LogP contribution in [0, 0.1) is 6.92 Å². The first-order valence-corrected chi connectivity index (χ1v) is 23.3. The van der Waals surface area contributed by atoms with E-state index >= 15 is 0 Å². The molecule has 3 aliphatic rings. The Morgan fingerprint density at radius 3 is 1.60 bits per heavy atom. The number of anilines is 6. The van der Waals surface area contributed by atoms with E-state index in [1.54, 1.807) is 0 Å². The first-order valence-electron chi connectivity index (χ1n) is 23.3. The molecule has 63 heavy (non-hydrogen) atoms. The molecule has 308 valence electrons. The molecule has 0 amide bonds. The van der Waals surface area contributed by atoms with E-state index in [0.717, 1.165) is 25.7 Å². The second-order valence-corrected chi connectivity index (χ2v) is 18.4. The quantitative estimate of drug-likeness (QED) is 0.151. The Kier molecular flexibility index (Phi) is 9.32. The SMILES string of the molecule is Cc1cccc2c1c1cc(N(c3ccc(C4CCCCC4)cc3)c3ccc4c(c3)[C@]3(CCc5ccc(N(c6ccccc6)c6ccccc6)cc53)CC4)ccc1n2-c1ccccc1. The van der Waals surface area contributed by atoms with Gasteiger partial charge in [-0.3, -0.25) is 0 Å². The maximum absolute atomic E-state index is 2.58. The first kappa shape index (κ1) is 37.9. The lowest BCUT2D eigenvalue weighted by atomic mass is 9.76. The summed E-state index contributed by atoms with van der Waals surface area (Å²) < 4.78 is 2.44. The van der Waals surface area contributed by atoms with Gasteiger partial charge < -0.3 is 14.4 Å². The van der Waals surface area contributed by atoms with Crippen LogP contribution in [0.5, 0.6) is 0 Å². The summed E-state index contributed by atoms with van der Waals surface area (Å²) in [6.45, 7) is 2.26. The minimum Gasteiger partial charge on any atom is -0.310 e. The number of hydrogen-bond acceptors (Lipinski definition) is 2. The second-order valence-electron chi connectivity index (χ2n) is 18.4. The molecule has 3 nitrogen and oxygen atoms in total. The van der Waals surface area contributed by atoms with E-state index in [-0.39, 0.29) is 5.41 Å². The Morgan fingerprint density at radius 2 is 0.984 bits per heavy atom. The summed E-state index contributed by atoms with van der Waals surface area (Å²) in [7, 11) is 0. The molecule has 3 aliphatic carbocycles. The van der Waals surface area contributed by atoms with Gasteiger partial charge in [-0.05, 0) is 182 Å². The number of aryl methyl sites for hydroxylation is 3. The zero-order valence-electron chi connectivity index (χ0n) is 36.2. The Hall–Kier alpha value is -6.84. The van der Waals surface area contributed by atoms with Crippen molar-refractivity contribution in [2.24, 2.45) is 0 Å². The topological polar surface area (TPSA) is 11.4 Å². The first-order chi connectivity index (χ1) is 31.1. The second kappa shape index (κ2) is 15.5. The number of para-hydroxylation sites is 3. The minimum atomic E-state index is -0.0313. The third kappa shape index (κ3) is 6.39. The van der Waals surface area contributed by atoms with Crippen molar-refractivity contribution < 1.29 is 0 Å². The van der Waals surface area contributed by atoms with Crippen molar-refractivity contribution in [1.82, 2.24) is 4.57 Å². The van der Waals surface area contributed by atoms with Gasteiger partial charge in [-0.25, -0.2) is 0 Å². The summed E-state index contributed by atoms with van der Waals surface area (Å²) in [6.07, 6.45) is 11.1. The normalized spacial score (nSPS) is 17.0. The molecule has 9 aromatic rings. The fourth-order valence-electron chi connectivity index (χ4n) is 11.9. The van der Waals surface area contributed by atoms with Crippen LogP contribution in [-0.4, -0.2) is 4.57 Å². The number of nitrogens with zero attached hydrogens (tertiary/aromatic N) is 3. The molecule has 3 heteroatoms. The van der Waals surface area contributed by atoms with Gasteiger partial charge in [-0.2, -0.15) is 0 Å². The minimum absolute atomic E-state index is 0.0313. The van der Waals surface area contributed by atoms with Crippen LogP contribution < -0.4 is 9.80 Å². The van der Waals surface area contributed by atoms with Crippen LogP contribution in [0.4, 0.5) is 34.1 Å². The Balaban J connectivity index is 1.01. The third-order valence-corrected chi connectivity index (χ3v) is 14.9. The summed E-state index contributed by atoms with van der Waals surface area (Å²) in [5, 5.41) is 2.60. The molecule has 0 saturated heterocycles. The monoisotopic (exact) mass is 815 g/mol. The van der Waals surface area contributed by atoms with E-state index in [9.17, 15) is 0 Å². The molecule has 1 heterocycles. The summed E-state index contributed by atoms with van der Waals surface area (Å²) in [4.78, 5) is 4.96. The van der Waals surface area contributed by atoms with Gasteiger partial charge in [0.05, 0.1) is 11.0 Å². The van der Waals surface area contributed by atoms with E-state index in [1.807, 2.05) is 0 Å². The highest BCUT2D eigenvalue weighted by Gasteiger charge is 2.45. The van der Waals surface area contributed by atoms with Crippen molar-refractivity contribution >= 4 is 55.9 Å². The zero-order valence-corrected chi connectivity index (χ0v) is 36.2. The van der Waals surface area contributed by atoms with Crippen LogP contribution in [0.1, 0.15) is 84.2 Å². The van der Waals surface area contributed by atoms with Gasteiger partial charge in [0.15, 0.2) is 0 Å². The Bertz CT molecular complexity index is 3060. The van der Waals surface area contributed by atoms with E-state index in [0.29, 0.717) is 5.92 Å². The summed E-state index contributed by atoms with van der Waals surface area (Å²) in [5.74, 6) is 0.663. The Morgan fingerprint density at radius 1 is 0.460 bits per heavy atom. The lowest BCUT2D eigenvalue weighted by molar-refractivity contribution is 0.443. The molecule has 8 aromatic carbocycles. The largest absolute Gasteiger partial charge is 0.310 e. The molecule has 1 atom stereocenters. The molecule has 0 N–H and O–H groups in total. The molecule has 1 fully saturated rings. The van der Waals surface area contributed by atoms with Gasteiger partial charge in [0.25, 0.3) is 0 Å². The molecule has 0 unspecified atom stereocenters. The van der Waals surface area contributed by atoms with Crippen LogP contribution >= 0.6 is 0 Å². The van der Waals surface area contributed by atoms with Gasteiger partial charge in [-0.1, -0.05) is 110 Å². The zero-order chi connectivity index (χ0) is 41.9. The molecule has 0 aliphatic heterocycles. The van der Waals surface area contributed by atoms with E-state index in [1.165, 1.54) is 127 Å². The lowest BCUT2D eigenvalue weighted by Crippen LogP contribution is -2.22. The fourth-order valence-corrected chi connectivity index (χ4v) is 11.9. The molecule has 12 rings (SSSR count). The van der Waals surface area contributed by atoms with Crippen molar-refractivity contribution in [1.29, 1.82) is 0 Å². The summed E-state index contributed by atoms with van der Waals surface area (Å²) in [5.41, 5.74) is 19.6. The van der Waals surface area contributed by atoms with E-state index in [2.05, 4.69) is 209 Å². The van der Waals surface area contributed by atoms with Crippen LogP contribution in [0.2, 0.25) is 0 Å². The van der Waals surface area contributed by atoms with Crippen molar-refractivity contribution in [3.63, 3.8) is 0 Å². The average molecular weight is 816 g/mol. The van der Waals surface area contributed by atoms with Crippen molar-refractivity contribution in [2.45, 2.75) is 76.0 Å². The van der Waals surface area contributed by atoms with Crippen LogP contribution in [0.25, 0.3) is 27.5 Å². The molecule has 1 spiro atoms. The van der Waals surface area contributed by atoms with Crippen molar-refractivity contribution in [3.8, 4) is 5.69 Å². The number of aromatic nitrogens is 1. The van der Waals surface area contributed by atoms with Crippen LogP contribution in [0.15, 0.2) is 188 Å². The molecular formula is C60H53N3. The van der Waals surface area contributed by atoms with Gasteiger partial charge >= 0.3 is 0 Å². The molecular weight excluding hydrogens is 763 g/mol. The van der Waals surface area contributed by atoms with Gasteiger partial charge in [0.1, 0.15) is 0 Å². The smallest absolute Gasteiger partial charge is 0.0543 e. The molecule has 1 saturated carbocycles. The third-order valence-electron chi connectivity index (χ3n) is 14.9. The number of hydrogen-bond donors (Lipinski definition) is 0. The number of rotatable bonds is 8. The van der Waals surface area contributed by atoms with Gasteiger partial charge in [-0.15, -0.1) is 0 Å². The Labute approximate surface area is 371 Å².